The summed E-state index contributed by atoms with van der Waals surface area (Å²) in [5.74, 6) is 1.09. The highest BCUT2D eigenvalue weighted by atomic mass is 16.5. The van der Waals surface area contributed by atoms with Crippen molar-refractivity contribution in [2.75, 3.05) is 47.4 Å². The third kappa shape index (κ3) is 3.77. The number of fused-ring (bicyclic) bond motifs is 2. The second-order valence-corrected chi connectivity index (χ2v) is 7.70. The van der Waals surface area contributed by atoms with Gasteiger partial charge in [-0.2, -0.15) is 0 Å². The number of hydrogen-bond acceptors (Lipinski definition) is 6. The fourth-order valence-corrected chi connectivity index (χ4v) is 2.90. The van der Waals surface area contributed by atoms with Gasteiger partial charge in [0.15, 0.2) is 5.69 Å². The Morgan fingerprint density at radius 1 is 1.29 bits per heavy atom. The fourth-order valence-electron chi connectivity index (χ4n) is 2.90. The van der Waals surface area contributed by atoms with Crippen molar-refractivity contribution < 1.29 is 19.1 Å². The van der Waals surface area contributed by atoms with Gasteiger partial charge in [-0.25, -0.2) is 9.51 Å². The molecule has 3 heterocycles. The molecule has 2 aromatic heterocycles. The van der Waals surface area contributed by atoms with E-state index in [1.807, 2.05) is 24.4 Å². The van der Waals surface area contributed by atoms with E-state index in [9.17, 15) is 5.11 Å². The number of hydrogen-bond donors (Lipinski definition) is 1. The molecule has 8 heteroatoms. The molecule has 2 aromatic rings. The Kier molecular flexibility index (Phi) is 4.64. The van der Waals surface area contributed by atoms with Crippen molar-refractivity contribution in [1.82, 2.24) is 9.61 Å². The first-order valence-electron chi connectivity index (χ1n) is 9.20. The Bertz CT molecular complexity index is 1020. The number of aliphatic hydroxyl groups excluding tert-OH is 1. The first-order valence-corrected chi connectivity index (χ1v) is 9.20. The Morgan fingerprint density at radius 2 is 2.14 bits per heavy atom. The lowest BCUT2D eigenvalue weighted by molar-refractivity contribution is -0.870. The van der Waals surface area contributed by atoms with Crippen LogP contribution in [0.4, 0.5) is 5.69 Å². The number of allylic oxidation sites excluding steroid dienone is 2. The molecule has 2 aliphatic rings. The van der Waals surface area contributed by atoms with E-state index in [1.165, 1.54) is 0 Å². The highest BCUT2D eigenvalue weighted by Crippen LogP contribution is 2.33. The van der Waals surface area contributed by atoms with Crippen molar-refractivity contribution in [2.24, 2.45) is 9.98 Å². The van der Waals surface area contributed by atoms with Crippen molar-refractivity contribution in [1.29, 1.82) is 0 Å². The maximum Gasteiger partial charge on any atom is 0.260 e. The molecule has 0 spiro atoms. The van der Waals surface area contributed by atoms with Crippen LogP contribution < -0.4 is 4.74 Å². The van der Waals surface area contributed by atoms with E-state index in [-0.39, 0.29) is 5.76 Å². The molecule has 1 aliphatic carbocycles. The first-order chi connectivity index (χ1) is 13.4. The van der Waals surface area contributed by atoms with E-state index in [0.29, 0.717) is 48.5 Å². The fraction of sp³-hybridized carbons (Fsp3) is 0.350. The van der Waals surface area contributed by atoms with Gasteiger partial charge in [-0.15, -0.1) is 5.10 Å². The molecule has 0 bridgehead atoms. The average molecular weight is 382 g/mol. The Balaban J connectivity index is 1.72. The van der Waals surface area contributed by atoms with Crippen molar-refractivity contribution in [3.05, 3.63) is 48.1 Å². The predicted molar refractivity (Wildman–Crippen MR) is 108 cm³/mol. The van der Waals surface area contributed by atoms with Crippen LogP contribution in [0.3, 0.4) is 0 Å². The number of ether oxygens (including phenoxy) is 2. The van der Waals surface area contributed by atoms with Gasteiger partial charge in [0.2, 0.25) is 0 Å². The van der Waals surface area contributed by atoms with E-state index < -0.39 is 0 Å². The van der Waals surface area contributed by atoms with Gasteiger partial charge >= 0.3 is 0 Å². The highest BCUT2D eigenvalue weighted by molar-refractivity contribution is 6.22. The minimum atomic E-state index is 0.0422. The highest BCUT2D eigenvalue weighted by Gasteiger charge is 2.22. The largest absolute Gasteiger partial charge is 0.506 e. The molecule has 0 unspecified atom stereocenters. The van der Waals surface area contributed by atoms with E-state index in [0.717, 1.165) is 16.5 Å². The number of nitrogens with zero attached hydrogens (tertiary/aromatic N) is 5. The summed E-state index contributed by atoms with van der Waals surface area (Å²) in [6, 6.07) is 5.73. The van der Waals surface area contributed by atoms with Crippen LogP contribution in [-0.4, -0.2) is 78.1 Å². The third-order valence-electron chi connectivity index (χ3n) is 4.40. The molecule has 146 valence electrons. The van der Waals surface area contributed by atoms with Crippen LogP contribution in [-0.2, 0) is 4.74 Å². The van der Waals surface area contributed by atoms with Crippen LogP contribution in [0, 0.1) is 0 Å². The van der Waals surface area contributed by atoms with Crippen molar-refractivity contribution >= 4 is 22.6 Å². The Labute approximate surface area is 163 Å². The van der Waals surface area contributed by atoms with E-state index in [4.69, 9.17) is 9.47 Å². The number of pyridine rings is 1. The Morgan fingerprint density at radius 3 is 2.96 bits per heavy atom. The lowest BCUT2D eigenvalue weighted by atomic mass is 10.1. The molecule has 0 radical (unpaired) electrons. The summed E-state index contributed by atoms with van der Waals surface area (Å²) in [6.07, 6.45) is 5.13. The van der Waals surface area contributed by atoms with E-state index >= 15 is 0 Å². The molecular formula is C20H24N5O3+. The zero-order valence-electron chi connectivity index (χ0n) is 16.3. The maximum atomic E-state index is 10.4. The molecule has 0 aromatic carbocycles. The summed E-state index contributed by atoms with van der Waals surface area (Å²) in [5.41, 5.74) is 2.41. The SMILES string of the molecule is C[N+](C)(C)CCOc1nn2ccccc2c1/N=C1\C=C2OCCN=C2C=C1O. The molecule has 8 nitrogen and oxygen atoms in total. The minimum absolute atomic E-state index is 0.0422. The number of aromatic nitrogens is 2. The van der Waals surface area contributed by atoms with Crippen LogP contribution in [0.1, 0.15) is 0 Å². The van der Waals surface area contributed by atoms with Gasteiger partial charge in [0.1, 0.15) is 42.7 Å². The van der Waals surface area contributed by atoms with Crippen LogP contribution in [0.15, 0.2) is 58.1 Å². The monoisotopic (exact) mass is 382 g/mol. The van der Waals surface area contributed by atoms with Gasteiger partial charge in [0.25, 0.3) is 5.88 Å². The zero-order chi connectivity index (χ0) is 19.7. The Hall–Kier alpha value is -3.13. The van der Waals surface area contributed by atoms with Crippen LogP contribution in [0.25, 0.3) is 5.52 Å². The van der Waals surface area contributed by atoms with E-state index in [2.05, 4.69) is 36.2 Å². The molecule has 1 aliphatic heterocycles. The van der Waals surface area contributed by atoms with Gasteiger partial charge in [-0.1, -0.05) is 6.07 Å². The normalized spacial score (nSPS) is 18.2. The number of aliphatic imine (C=N–C) groups is 2. The van der Waals surface area contributed by atoms with Crippen LogP contribution >= 0.6 is 0 Å². The standard InChI is InChI=1S/C20H23N5O3/c1-25(2,3)9-11-28-20-19(16-6-4-5-8-24(16)23-20)22-14-13-18-15(12-17(14)26)21-7-10-27-18/h4-6,8,12-13H,7,9-11H2,1-3H3/p+1/b22-14+. The molecular weight excluding hydrogens is 358 g/mol. The number of rotatable bonds is 5. The first kappa shape index (κ1) is 18.2. The van der Waals surface area contributed by atoms with Crippen LogP contribution in [0.5, 0.6) is 5.88 Å². The van der Waals surface area contributed by atoms with Crippen LogP contribution in [0.2, 0.25) is 0 Å². The van der Waals surface area contributed by atoms with Crippen molar-refractivity contribution in [2.45, 2.75) is 0 Å². The molecule has 4 rings (SSSR count). The summed E-state index contributed by atoms with van der Waals surface area (Å²) >= 11 is 0. The molecule has 0 saturated heterocycles. The smallest absolute Gasteiger partial charge is 0.260 e. The van der Waals surface area contributed by atoms with Gasteiger partial charge < -0.3 is 19.1 Å². The molecule has 0 atom stereocenters. The summed E-state index contributed by atoms with van der Waals surface area (Å²) in [7, 11) is 6.32. The van der Waals surface area contributed by atoms with Crippen molar-refractivity contribution in [3.63, 3.8) is 0 Å². The summed E-state index contributed by atoms with van der Waals surface area (Å²) in [4.78, 5) is 9.02. The van der Waals surface area contributed by atoms with Gasteiger partial charge in [-0.3, -0.25) is 4.99 Å². The second kappa shape index (κ2) is 7.12. The zero-order valence-corrected chi connectivity index (χ0v) is 16.3. The van der Waals surface area contributed by atoms with E-state index in [1.54, 1.807) is 16.7 Å². The molecule has 0 amide bonds. The summed E-state index contributed by atoms with van der Waals surface area (Å²) < 4.78 is 14.1. The van der Waals surface area contributed by atoms with Gasteiger partial charge in [0, 0.05) is 18.3 Å². The van der Waals surface area contributed by atoms with Crippen molar-refractivity contribution in [3.8, 4) is 5.88 Å². The number of aliphatic hydroxyl groups is 1. The molecule has 1 N–H and O–H groups in total. The molecule has 0 fully saturated rings. The quantitative estimate of drug-likeness (QED) is 0.636. The van der Waals surface area contributed by atoms with Gasteiger partial charge in [-0.05, 0) is 12.1 Å². The summed E-state index contributed by atoms with van der Waals surface area (Å²) in [5, 5.41) is 14.9. The number of quaternary nitrogens is 1. The average Bonchev–Trinajstić information content (AvgIpc) is 2.99. The second-order valence-electron chi connectivity index (χ2n) is 7.70. The lowest BCUT2D eigenvalue weighted by Gasteiger charge is -2.23. The lowest BCUT2D eigenvalue weighted by Crippen LogP contribution is -2.38. The maximum absolute atomic E-state index is 10.4. The minimum Gasteiger partial charge on any atom is -0.506 e. The topological polar surface area (TPSA) is 80.7 Å². The predicted octanol–water partition coefficient (Wildman–Crippen LogP) is 2.30. The molecule has 0 saturated carbocycles. The third-order valence-corrected chi connectivity index (χ3v) is 4.40. The summed E-state index contributed by atoms with van der Waals surface area (Å²) in [6.45, 7) is 2.44. The molecule has 28 heavy (non-hydrogen) atoms. The van der Waals surface area contributed by atoms with Gasteiger partial charge in [0.05, 0.1) is 33.2 Å². The number of likely N-dealkylation sites (N-methyl/N-ethyl adjacent to an activating group) is 1.